The van der Waals surface area contributed by atoms with Crippen molar-refractivity contribution in [3.05, 3.63) is 125 Å². The van der Waals surface area contributed by atoms with Crippen LogP contribution in [-0.4, -0.2) is 55.4 Å². The van der Waals surface area contributed by atoms with Crippen molar-refractivity contribution in [2.75, 3.05) is 33.4 Å². The maximum atomic E-state index is 6.82. The van der Waals surface area contributed by atoms with Crippen molar-refractivity contribution < 1.29 is 18.9 Å². The largest absolute Gasteiger partial charge is 0.493 e. The molecule has 2 aliphatic rings. The lowest BCUT2D eigenvalue weighted by Gasteiger charge is -2.46. The van der Waals surface area contributed by atoms with Gasteiger partial charge in [-0.05, 0) is 71.8 Å². The number of aryl methyl sites for hydroxylation is 1. The Bertz CT molecular complexity index is 1450. The summed E-state index contributed by atoms with van der Waals surface area (Å²) in [4.78, 5) is 7.24. The Morgan fingerprint density at radius 2 is 1.57 bits per heavy atom. The fourth-order valence-electron chi connectivity index (χ4n) is 6.45. The average molecular weight is 594 g/mol. The van der Waals surface area contributed by atoms with Gasteiger partial charge in [-0.1, -0.05) is 60.7 Å². The smallest absolute Gasteiger partial charge is 0.162 e. The molecule has 1 fully saturated rings. The molecule has 230 valence electrons. The summed E-state index contributed by atoms with van der Waals surface area (Å²) >= 11 is 0. The van der Waals surface area contributed by atoms with Crippen LogP contribution in [-0.2, 0) is 29.1 Å². The number of ether oxygens (including phenoxy) is 4. The molecule has 4 aromatic rings. The third-order valence-electron chi connectivity index (χ3n) is 8.78. The number of hydrogen-bond acceptors (Lipinski definition) is 7. The first-order chi connectivity index (χ1) is 21.6. The second kappa shape index (κ2) is 14.4. The minimum Gasteiger partial charge on any atom is -0.493 e. The van der Waals surface area contributed by atoms with Crippen molar-refractivity contribution in [3.8, 4) is 11.5 Å². The summed E-state index contributed by atoms with van der Waals surface area (Å²) in [5.41, 5.74) is 14.0. The Morgan fingerprint density at radius 1 is 0.886 bits per heavy atom. The first kappa shape index (κ1) is 30.3. The standard InChI is InChI=1S/C37H43N3O4/c1-26-13-15-39-34(17-26)32-21-40-16-14-29-18-37(36(41-2)19-31(29)35(40)20-33(32)38)44-30(24-42-22-27-9-5-3-6-10-27)25-43-23-28-11-7-4-8-12-28/h3-13,15,17-19,30,32-33,35H,14,16,20-25,38H2,1-2H3/t32-,33+,35+/m0/s1. The Hall–Kier alpha value is -3.75. The third-order valence-corrected chi connectivity index (χ3v) is 8.78. The van der Waals surface area contributed by atoms with E-state index in [1.54, 1.807) is 7.11 Å². The summed E-state index contributed by atoms with van der Waals surface area (Å²) in [7, 11) is 1.70. The molecule has 0 bridgehead atoms. The van der Waals surface area contributed by atoms with Crippen LogP contribution in [0.1, 0.15) is 51.9 Å². The molecule has 3 heterocycles. The van der Waals surface area contributed by atoms with E-state index in [1.807, 2.05) is 48.7 Å². The number of pyridine rings is 1. The van der Waals surface area contributed by atoms with Gasteiger partial charge >= 0.3 is 0 Å². The van der Waals surface area contributed by atoms with Crippen LogP contribution in [0.25, 0.3) is 0 Å². The Labute approximate surface area is 260 Å². The summed E-state index contributed by atoms with van der Waals surface area (Å²) in [6.07, 6.45) is 3.41. The first-order valence-corrected chi connectivity index (χ1v) is 15.6. The van der Waals surface area contributed by atoms with E-state index in [0.717, 1.165) is 54.3 Å². The minimum atomic E-state index is -0.305. The van der Waals surface area contributed by atoms with Crippen LogP contribution in [0.2, 0.25) is 0 Å². The second-order valence-corrected chi connectivity index (χ2v) is 12.0. The van der Waals surface area contributed by atoms with E-state index in [-0.39, 0.29) is 24.1 Å². The molecule has 3 atom stereocenters. The normalized spacial score (nSPS) is 19.8. The lowest BCUT2D eigenvalue weighted by molar-refractivity contribution is -0.0166. The molecule has 1 aromatic heterocycles. The molecule has 0 spiro atoms. The van der Waals surface area contributed by atoms with Crippen molar-refractivity contribution in [2.24, 2.45) is 5.73 Å². The number of nitrogens with zero attached hydrogens (tertiary/aromatic N) is 2. The Kier molecular flexibility index (Phi) is 9.88. The average Bonchev–Trinajstić information content (AvgIpc) is 3.05. The van der Waals surface area contributed by atoms with Crippen LogP contribution < -0.4 is 15.2 Å². The Balaban J connectivity index is 1.17. The van der Waals surface area contributed by atoms with Gasteiger partial charge in [0.15, 0.2) is 11.5 Å². The lowest BCUT2D eigenvalue weighted by atomic mass is 9.79. The van der Waals surface area contributed by atoms with Crippen LogP contribution in [0.4, 0.5) is 0 Å². The van der Waals surface area contributed by atoms with E-state index in [0.29, 0.717) is 26.4 Å². The van der Waals surface area contributed by atoms with Crippen LogP contribution in [0, 0.1) is 6.92 Å². The Morgan fingerprint density at radius 3 is 2.20 bits per heavy atom. The number of piperidine rings is 1. The van der Waals surface area contributed by atoms with Crippen LogP contribution in [0.5, 0.6) is 11.5 Å². The fourth-order valence-corrected chi connectivity index (χ4v) is 6.45. The molecule has 7 nitrogen and oxygen atoms in total. The monoisotopic (exact) mass is 593 g/mol. The zero-order valence-corrected chi connectivity index (χ0v) is 25.7. The highest BCUT2D eigenvalue weighted by Crippen LogP contribution is 2.44. The molecule has 2 N–H and O–H groups in total. The van der Waals surface area contributed by atoms with E-state index >= 15 is 0 Å². The quantitative estimate of drug-likeness (QED) is 0.216. The number of methoxy groups -OCH3 is 1. The van der Waals surface area contributed by atoms with E-state index in [4.69, 9.17) is 24.7 Å². The second-order valence-electron chi connectivity index (χ2n) is 12.0. The van der Waals surface area contributed by atoms with Gasteiger partial charge in [-0.2, -0.15) is 0 Å². The molecule has 0 saturated carbocycles. The number of aromatic nitrogens is 1. The van der Waals surface area contributed by atoms with Gasteiger partial charge in [-0.25, -0.2) is 0 Å². The van der Waals surface area contributed by atoms with Crippen molar-refractivity contribution in [2.45, 2.75) is 57.1 Å². The summed E-state index contributed by atoms with van der Waals surface area (Å²) in [6.45, 7) is 5.80. The van der Waals surface area contributed by atoms with Crippen molar-refractivity contribution in [3.63, 3.8) is 0 Å². The van der Waals surface area contributed by atoms with Crippen LogP contribution >= 0.6 is 0 Å². The fraction of sp³-hybridized carbons (Fsp3) is 0.378. The molecule has 2 aliphatic heterocycles. The van der Waals surface area contributed by atoms with Gasteiger partial charge in [0.05, 0.1) is 33.5 Å². The molecule has 0 aliphatic carbocycles. The zero-order chi connectivity index (χ0) is 30.3. The van der Waals surface area contributed by atoms with Gasteiger partial charge in [-0.15, -0.1) is 0 Å². The van der Waals surface area contributed by atoms with Gasteiger partial charge in [0.25, 0.3) is 0 Å². The molecular weight excluding hydrogens is 550 g/mol. The maximum Gasteiger partial charge on any atom is 0.162 e. The van der Waals surface area contributed by atoms with Crippen molar-refractivity contribution in [1.82, 2.24) is 9.88 Å². The van der Waals surface area contributed by atoms with E-state index < -0.39 is 0 Å². The van der Waals surface area contributed by atoms with E-state index in [1.165, 1.54) is 16.7 Å². The predicted molar refractivity (Wildman–Crippen MR) is 172 cm³/mol. The van der Waals surface area contributed by atoms with Gasteiger partial charge in [0.2, 0.25) is 0 Å². The van der Waals surface area contributed by atoms with Crippen molar-refractivity contribution in [1.29, 1.82) is 0 Å². The summed E-state index contributed by atoms with van der Waals surface area (Å²) in [6, 6.07) is 29.2. The summed E-state index contributed by atoms with van der Waals surface area (Å²) < 4.78 is 24.7. The molecule has 0 amide bonds. The van der Waals surface area contributed by atoms with Gasteiger partial charge in [-0.3, -0.25) is 9.88 Å². The maximum absolute atomic E-state index is 6.82. The zero-order valence-electron chi connectivity index (χ0n) is 25.7. The number of hydrogen-bond donors (Lipinski definition) is 1. The molecule has 1 saturated heterocycles. The summed E-state index contributed by atoms with van der Waals surface area (Å²) in [5.74, 6) is 1.67. The first-order valence-electron chi connectivity index (χ1n) is 15.6. The van der Waals surface area contributed by atoms with Gasteiger partial charge in [0.1, 0.15) is 6.10 Å². The van der Waals surface area contributed by atoms with E-state index in [2.05, 4.69) is 59.3 Å². The molecule has 3 aromatic carbocycles. The third kappa shape index (κ3) is 7.30. The lowest BCUT2D eigenvalue weighted by Crippen LogP contribution is -2.50. The number of nitrogens with two attached hydrogens (primary N) is 1. The van der Waals surface area contributed by atoms with Gasteiger partial charge in [0, 0.05) is 43.0 Å². The molecule has 0 unspecified atom stereocenters. The topological polar surface area (TPSA) is 79.1 Å². The number of benzene rings is 3. The van der Waals surface area contributed by atoms with Gasteiger partial charge < -0.3 is 24.7 Å². The molecule has 44 heavy (non-hydrogen) atoms. The molecule has 0 radical (unpaired) electrons. The van der Waals surface area contributed by atoms with E-state index in [9.17, 15) is 0 Å². The minimum absolute atomic E-state index is 0.0336. The predicted octanol–water partition coefficient (Wildman–Crippen LogP) is 5.99. The van der Waals surface area contributed by atoms with Crippen LogP contribution in [0.15, 0.2) is 91.1 Å². The molecule has 6 rings (SSSR count). The highest BCUT2D eigenvalue weighted by molar-refractivity contribution is 5.50. The highest BCUT2D eigenvalue weighted by atomic mass is 16.6. The molecule has 7 heteroatoms. The number of fused-ring (bicyclic) bond motifs is 3. The molecular formula is C37H43N3O4. The number of rotatable bonds is 12. The summed E-state index contributed by atoms with van der Waals surface area (Å²) in [5, 5.41) is 0. The highest BCUT2D eigenvalue weighted by Gasteiger charge is 2.39. The SMILES string of the molecule is COc1cc2c(cc1OC(COCc1ccccc1)COCc1ccccc1)CCN1C[C@H](c3cc(C)ccn3)[C@H](N)C[C@H]21. The van der Waals surface area contributed by atoms with Crippen molar-refractivity contribution >= 4 is 0 Å². The van der Waals surface area contributed by atoms with Crippen LogP contribution in [0.3, 0.4) is 0 Å².